The van der Waals surface area contributed by atoms with E-state index in [1.807, 2.05) is 6.92 Å². The van der Waals surface area contributed by atoms with Crippen molar-refractivity contribution in [1.29, 1.82) is 0 Å². The van der Waals surface area contributed by atoms with E-state index in [0.717, 1.165) is 5.56 Å². The Morgan fingerprint density at radius 3 is 2.38 bits per heavy atom. The molecule has 0 aromatic heterocycles. The minimum atomic E-state index is -0.867. The lowest BCUT2D eigenvalue weighted by molar-refractivity contribution is -0.136. The number of carbonyl (C=O) groups excluding carboxylic acids is 2. The number of hydrogen-bond donors (Lipinski definition) is 2. The average molecular weight is 346 g/mol. The van der Waals surface area contributed by atoms with E-state index in [4.69, 9.17) is 16.3 Å². The van der Waals surface area contributed by atoms with Gasteiger partial charge in [0, 0.05) is 10.7 Å². The van der Waals surface area contributed by atoms with Gasteiger partial charge >= 0.3 is 11.8 Å². The van der Waals surface area contributed by atoms with Crippen molar-refractivity contribution >= 4 is 35.3 Å². The Morgan fingerprint density at radius 2 is 1.75 bits per heavy atom. The summed E-state index contributed by atoms with van der Waals surface area (Å²) in [5.74, 6) is -0.992. The predicted octanol–water partition coefficient (Wildman–Crippen LogP) is 2.83. The van der Waals surface area contributed by atoms with Gasteiger partial charge < -0.3 is 10.1 Å². The highest BCUT2D eigenvalue weighted by atomic mass is 35.5. The first-order valence-corrected chi connectivity index (χ1v) is 7.59. The fourth-order valence-electron chi connectivity index (χ4n) is 1.75. The van der Waals surface area contributed by atoms with Crippen molar-refractivity contribution in [2.75, 3.05) is 11.9 Å². The van der Waals surface area contributed by atoms with Crippen molar-refractivity contribution in [3.63, 3.8) is 0 Å². The number of benzene rings is 2. The van der Waals surface area contributed by atoms with E-state index < -0.39 is 11.8 Å². The molecule has 2 N–H and O–H groups in total. The number of hydrazone groups is 1. The van der Waals surface area contributed by atoms with Gasteiger partial charge in [-0.3, -0.25) is 9.59 Å². The van der Waals surface area contributed by atoms with E-state index in [1.165, 1.54) is 6.21 Å². The highest BCUT2D eigenvalue weighted by Crippen LogP contribution is 2.15. The van der Waals surface area contributed by atoms with Crippen LogP contribution in [0.4, 0.5) is 5.69 Å². The summed E-state index contributed by atoms with van der Waals surface area (Å²) in [5.41, 5.74) is 3.39. The zero-order valence-electron chi connectivity index (χ0n) is 13.0. The maximum atomic E-state index is 11.8. The number of anilines is 1. The van der Waals surface area contributed by atoms with E-state index >= 15 is 0 Å². The van der Waals surface area contributed by atoms with Crippen LogP contribution in [0.3, 0.4) is 0 Å². The summed E-state index contributed by atoms with van der Waals surface area (Å²) in [6, 6.07) is 13.6. The molecule has 2 rings (SSSR count). The summed E-state index contributed by atoms with van der Waals surface area (Å²) >= 11 is 5.77. The second kappa shape index (κ2) is 8.69. The summed E-state index contributed by atoms with van der Waals surface area (Å²) in [6.07, 6.45) is 1.42. The van der Waals surface area contributed by atoms with Crippen LogP contribution < -0.4 is 15.5 Å². The highest BCUT2D eigenvalue weighted by molar-refractivity contribution is 6.39. The molecule has 0 fully saturated rings. The van der Waals surface area contributed by atoms with Crippen LogP contribution in [0.1, 0.15) is 12.5 Å². The molecular weight excluding hydrogens is 330 g/mol. The number of hydrogen-bond acceptors (Lipinski definition) is 4. The lowest BCUT2D eigenvalue weighted by Gasteiger charge is -2.06. The monoisotopic (exact) mass is 345 g/mol. The molecule has 124 valence electrons. The maximum absolute atomic E-state index is 11.8. The molecule has 0 radical (unpaired) electrons. The molecule has 0 saturated heterocycles. The van der Waals surface area contributed by atoms with Gasteiger partial charge in [-0.1, -0.05) is 23.7 Å². The number of carbonyl (C=O) groups is 2. The van der Waals surface area contributed by atoms with Gasteiger partial charge in [-0.05, 0) is 48.9 Å². The first kappa shape index (κ1) is 17.5. The fourth-order valence-corrected chi connectivity index (χ4v) is 1.88. The Bertz CT molecular complexity index is 728. The van der Waals surface area contributed by atoms with Crippen LogP contribution in [0.25, 0.3) is 0 Å². The minimum absolute atomic E-state index is 0.486. The number of nitrogens with zero attached hydrogens (tertiary/aromatic N) is 1. The molecule has 0 saturated carbocycles. The summed E-state index contributed by atoms with van der Waals surface area (Å²) in [6.45, 7) is 2.43. The van der Waals surface area contributed by atoms with Gasteiger partial charge in [0.15, 0.2) is 0 Å². The summed E-state index contributed by atoms with van der Waals surface area (Å²) in [4.78, 5) is 23.4. The summed E-state index contributed by atoms with van der Waals surface area (Å²) in [5, 5.41) is 6.80. The molecule has 0 aliphatic heterocycles. The van der Waals surface area contributed by atoms with Crippen LogP contribution in [0.15, 0.2) is 53.6 Å². The fraction of sp³-hybridized carbons (Fsp3) is 0.118. The standard InChI is InChI=1S/C17H16ClN3O3/c1-2-24-15-9-7-14(8-10-15)20-16(22)17(23)21-19-11-12-3-5-13(18)6-4-12/h3-11H,2H2,1H3,(H,20,22)(H,21,23)/b19-11-. The molecule has 0 spiro atoms. The molecule has 0 aliphatic rings. The molecule has 0 atom stereocenters. The Hall–Kier alpha value is -2.86. The first-order valence-electron chi connectivity index (χ1n) is 7.21. The molecule has 0 bridgehead atoms. The molecule has 2 amide bonds. The highest BCUT2D eigenvalue weighted by Gasteiger charge is 2.12. The Kier molecular flexibility index (Phi) is 6.33. The van der Waals surface area contributed by atoms with Crippen molar-refractivity contribution < 1.29 is 14.3 Å². The van der Waals surface area contributed by atoms with Crippen molar-refractivity contribution in [3.05, 3.63) is 59.1 Å². The second-order valence-electron chi connectivity index (χ2n) is 4.66. The molecule has 6 nitrogen and oxygen atoms in total. The zero-order chi connectivity index (χ0) is 17.4. The molecule has 2 aromatic rings. The number of ether oxygens (including phenoxy) is 1. The number of amides is 2. The average Bonchev–Trinajstić information content (AvgIpc) is 2.58. The third-order valence-corrected chi connectivity index (χ3v) is 3.13. The van der Waals surface area contributed by atoms with E-state index in [0.29, 0.717) is 23.1 Å². The summed E-state index contributed by atoms with van der Waals surface area (Å²) < 4.78 is 5.30. The van der Waals surface area contributed by atoms with Gasteiger partial charge in [-0.2, -0.15) is 5.10 Å². The lowest BCUT2D eigenvalue weighted by atomic mass is 10.2. The number of halogens is 1. The van der Waals surface area contributed by atoms with E-state index in [9.17, 15) is 9.59 Å². The van der Waals surface area contributed by atoms with Crippen LogP contribution in [-0.4, -0.2) is 24.6 Å². The third kappa shape index (κ3) is 5.40. The largest absolute Gasteiger partial charge is 0.494 e. The van der Waals surface area contributed by atoms with E-state index in [1.54, 1.807) is 48.5 Å². The van der Waals surface area contributed by atoms with Gasteiger partial charge in [0.1, 0.15) is 5.75 Å². The summed E-state index contributed by atoms with van der Waals surface area (Å²) in [7, 11) is 0. The number of rotatable bonds is 5. The van der Waals surface area contributed by atoms with Crippen molar-refractivity contribution in [3.8, 4) is 5.75 Å². The van der Waals surface area contributed by atoms with Crippen molar-refractivity contribution in [1.82, 2.24) is 5.43 Å². The van der Waals surface area contributed by atoms with Crippen LogP contribution in [0, 0.1) is 0 Å². The Morgan fingerprint density at radius 1 is 1.08 bits per heavy atom. The van der Waals surface area contributed by atoms with E-state index in [2.05, 4.69) is 15.8 Å². The predicted molar refractivity (Wildman–Crippen MR) is 93.4 cm³/mol. The topological polar surface area (TPSA) is 79.8 Å². The quantitative estimate of drug-likeness (QED) is 0.497. The van der Waals surface area contributed by atoms with Crippen molar-refractivity contribution in [2.24, 2.45) is 5.10 Å². The third-order valence-electron chi connectivity index (χ3n) is 2.88. The molecular formula is C17H16ClN3O3. The van der Waals surface area contributed by atoms with Crippen molar-refractivity contribution in [2.45, 2.75) is 6.92 Å². The molecule has 7 heteroatoms. The SMILES string of the molecule is CCOc1ccc(NC(=O)C(=O)N/N=C\c2ccc(Cl)cc2)cc1. The smallest absolute Gasteiger partial charge is 0.329 e. The zero-order valence-corrected chi connectivity index (χ0v) is 13.7. The molecule has 24 heavy (non-hydrogen) atoms. The number of nitrogens with one attached hydrogen (secondary N) is 2. The molecule has 0 unspecified atom stereocenters. The van der Waals surface area contributed by atoms with Gasteiger partial charge in [-0.25, -0.2) is 5.43 Å². The normalized spacial score (nSPS) is 10.4. The maximum Gasteiger partial charge on any atom is 0.329 e. The molecule has 2 aromatic carbocycles. The second-order valence-corrected chi connectivity index (χ2v) is 5.10. The molecule has 0 heterocycles. The van der Waals surface area contributed by atoms with Crippen LogP contribution in [-0.2, 0) is 9.59 Å². The first-order chi connectivity index (χ1) is 11.6. The van der Waals surface area contributed by atoms with Crippen LogP contribution in [0.2, 0.25) is 5.02 Å². The Labute approximate surface area is 144 Å². The van der Waals surface area contributed by atoms with Gasteiger partial charge in [0.2, 0.25) is 0 Å². The minimum Gasteiger partial charge on any atom is -0.494 e. The van der Waals surface area contributed by atoms with Crippen LogP contribution >= 0.6 is 11.6 Å². The Balaban J connectivity index is 1.85. The van der Waals surface area contributed by atoms with Gasteiger partial charge in [0.05, 0.1) is 12.8 Å². The molecule has 0 aliphatic carbocycles. The van der Waals surface area contributed by atoms with Crippen LogP contribution in [0.5, 0.6) is 5.75 Å². The van der Waals surface area contributed by atoms with Gasteiger partial charge in [-0.15, -0.1) is 0 Å². The van der Waals surface area contributed by atoms with Gasteiger partial charge in [0.25, 0.3) is 0 Å². The lowest BCUT2D eigenvalue weighted by Crippen LogP contribution is -2.32. The van der Waals surface area contributed by atoms with E-state index in [-0.39, 0.29) is 0 Å².